The zero-order chi connectivity index (χ0) is 14.5. The van der Waals surface area contributed by atoms with Gasteiger partial charge in [0.1, 0.15) is 0 Å². The Morgan fingerprint density at radius 3 is 2.65 bits per heavy atom. The summed E-state index contributed by atoms with van der Waals surface area (Å²) in [4.78, 5) is 10.6. The van der Waals surface area contributed by atoms with Crippen molar-refractivity contribution < 1.29 is 4.92 Å². The number of thioether (sulfide) groups is 1. The summed E-state index contributed by atoms with van der Waals surface area (Å²) >= 11 is 1.97. The van der Waals surface area contributed by atoms with E-state index in [0.29, 0.717) is 6.04 Å². The molecule has 0 radical (unpaired) electrons. The SMILES string of the molecule is CSC1CCC(NCc2ccc(C)c([N+](=O)[O-])c2)CC1. The first kappa shape index (κ1) is 15.3. The highest BCUT2D eigenvalue weighted by atomic mass is 32.2. The Labute approximate surface area is 124 Å². The molecule has 0 unspecified atom stereocenters. The van der Waals surface area contributed by atoms with E-state index in [1.165, 1.54) is 25.7 Å². The van der Waals surface area contributed by atoms with Gasteiger partial charge in [0, 0.05) is 29.5 Å². The number of nitrogens with one attached hydrogen (secondary N) is 1. The summed E-state index contributed by atoms with van der Waals surface area (Å²) in [5, 5.41) is 15.3. The molecule has 1 aliphatic carbocycles. The topological polar surface area (TPSA) is 55.2 Å². The average Bonchev–Trinajstić information content (AvgIpc) is 2.46. The fourth-order valence-electron chi connectivity index (χ4n) is 2.73. The fraction of sp³-hybridized carbons (Fsp3) is 0.600. The van der Waals surface area contributed by atoms with Crippen molar-refractivity contribution in [2.75, 3.05) is 6.26 Å². The van der Waals surface area contributed by atoms with Crippen LogP contribution in [0, 0.1) is 17.0 Å². The summed E-state index contributed by atoms with van der Waals surface area (Å²) in [6, 6.07) is 6.05. The van der Waals surface area contributed by atoms with Gasteiger partial charge in [-0.15, -0.1) is 0 Å². The van der Waals surface area contributed by atoms with Gasteiger partial charge in [0.2, 0.25) is 0 Å². The fourth-order valence-corrected chi connectivity index (χ4v) is 3.47. The molecule has 1 fully saturated rings. The van der Waals surface area contributed by atoms with Crippen LogP contribution in [-0.4, -0.2) is 22.5 Å². The van der Waals surface area contributed by atoms with Gasteiger partial charge in [-0.2, -0.15) is 11.8 Å². The molecular weight excluding hydrogens is 272 g/mol. The maximum absolute atomic E-state index is 10.9. The molecule has 0 atom stereocenters. The van der Waals surface area contributed by atoms with Gasteiger partial charge in [-0.05, 0) is 44.4 Å². The van der Waals surface area contributed by atoms with Crippen molar-refractivity contribution in [2.24, 2.45) is 0 Å². The molecular formula is C15H22N2O2S. The lowest BCUT2D eigenvalue weighted by molar-refractivity contribution is -0.385. The van der Waals surface area contributed by atoms with Gasteiger partial charge in [0.25, 0.3) is 5.69 Å². The summed E-state index contributed by atoms with van der Waals surface area (Å²) in [6.45, 7) is 2.49. The summed E-state index contributed by atoms with van der Waals surface area (Å²) in [6.07, 6.45) is 7.14. The van der Waals surface area contributed by atoms with E-state index < -0.39 is 0 Å². The summed E-state index contributed by atoms with van der Waals surface area (Å²) < 4.78 is 0. The number of nitro groups is 1. The molecule has 0 heterocycles. The van der Waals surface area contributed by atoms with E-state index in [-0.39, 0.29) is 10.6 Å². The first-order valence-electron chi connectivity index (χ1n) is 7.10. The van der Waals surface area contributed by atoms with Crippen LogP contribution in [0.5, 0.6) is 0 Å². The third-order valence-corrected chi connectivity index (χ3v) is 5.21. The van der Waals surface area contributed by atoms with Crippen molar-refractivity contribution in [3.05, 3.63) is 39.4 Å². The molecule has 0 spiro atoms. The van der Waals surface area contributed by atoms with Crippen LogP contribution in [0.15, 0.2) is 18.2 Å². The van der Waals surface area contributed by atoms with Crippen LogP contribution in [0.1, 0.15) is 36.8 Å². The largest absolute Gasteiger partial charge is 0.310 e. The number of hydrogen-bond donors (Lipinski definition) is 1. The maximum atomic E-state index is 10.9. The Hall–Kier alpha value is -1.07. The number of hydrogen-bond acceptors (Lipinski definition) is 4. The highest BCUT2D eigenvalue weighted by Gasteiger charge is 2.20. The van der Waals surface area contributed by atoms with Crippen LogP contribution in [0.2, 0.25) is 0 Å². The van der Waals surface area contributed by atoms with Gasteiger partial charge in [-0.3, -0.25) is 10.1 Å². The van der Waals surface area contributed by atoms with E-state index in [2.05, 4.69) is 11.6 Å². The predicted octanol–water partition coefficient (Wildman–Crippen LogP) is 3.67. The second-order valence-corrected chi connectivity index (χ2v) is 6.61. The zero-order valence-electron chi connectivity index (χ0n) is 12.1. The van der Waals surface area contributed by atoms with Crippen molar-refractivity contribution >= 4 is 17.4 Å². The normalized spacial score (nSPS) is 22.7. The van der Waals surface area contributed by atoms with E-state index in [0.717, 1.165) is 22.9 Å². The van der Waals surface area contributed by atoms with E-state index in [4.69, 9.17) is 0 Å². The lowest BCUT2D eigenvalue weighted by Crippen LogP contribution is -2.33. The van der Waals surface area contributed by atoms with Crippen molar-refractivity contribution in [2.45, 2.75) is 50.4 Å². The quantitative estimate of drug-likeness (QED) is 0.665. The minimum absolute atomic E-state index is 0.218. The van der Waals surface area contributed by atoms with E-state index in [1.54, 1.807) is 13.0 Å². The number of nitrogens with zero attached hydrogens (tertiary/aromatic N) is 1. The average molecular weight is 294 g/mol. The van der Waals surface area contributed by atoms with Gasteiger partial charge in [-0.25, -0.2) is 0 Å². The van der Waals surface area contributed by atoms with Crippen LogP contribution in [-0.2, 0) is 6.54 Å². The Kier molecular flexibility index (Phi) is 5.43. The molecule has 0 bridgehead atoms. The van der Waals surface area contributed by atoms with Crippen LogP contribution < -0.4 is 5.32 Å². The third kappa shape index (κ3) is 3.96. The Morgan fingerprint density at radius 2 is 2.05 bits per heavy atom. The molecule has 2 rings (SSSR count). The number of benzene rings is 1. The summed E-state index contributed by atoms with van der Waals surface area (Å²) in [5.41, 5.74) is 1.93. The van der Waals surface area contributed by atoms with Crippen molar-refractivity contribution in [3.63, 3.8) is 0 Å². The van der Waals surface area contributed by atoms with Crippen LogP contribution >= 0.6 is 11.8 Å². The van der Waals surface area contributed by atoms with Gasteiger partial charge in [0.15, 0.2) is 0 Å². The molecule has 0 aromatic heterocycles. The highest BCUT2D eigenvalue weighted by molar-refractivity contribution is 7.99. The van der Waals surface area contributed by atoms with Gasteiger partial charge >= 0.3 is 0 Å². The van der Waals surface area contributed by atoms with Crippen LogP contribution in [0.4, 0.5) is 5.69 Å². The highest BCUT2D eigenvalue weighted by Crippen LogP contribution is 2.27. The molecule has 0 aliphatic heterocycles. The molecule has 20 heavy (non-hydrogen) atoms. The first-order chi connectivity index (χ1) is 9.60. The molecule has 110 valence electrons. The second kappa shape index (κ2) is 7.09. The molecule has 0 amide bonds. The van der Waals surface area contributed by atoms with Gasteiger partial charge < -0.3 is 5.32 Å². The minimum atomic E-state index is -0.303. The molecule has 5 heteroatoms. The summed E-state index contributed by atoms with van der Waals surface area (Å²) in [5.74, 6) is 0. The van der Waals surface area contributed by atoms with E-state index in [1.807, 2.05) is 23.9 Å². The first-order valence-corrected chi connectivity index (χ1v) is 8.39. The van der Waals surface area contributed by atoms with Crippen molar-refractivity contribution in [1.29, 1.82) is 0 Å². The number of aryl methyl sites for hydroxylation is 1. The van der Waals surface area contributed by atoms with Crippen LogP contribution in [0.3, 0.4) is 0 Å². The van der Waals surface area contributed by atoms with Crippen molar-refractivity contribution in [1.82, 2.24) is 5.32 Å². The molecule has 0 saturated heterocycles. The number of rotatable bonds is 5. The maximum Gasteiger partial charge on any atom is 0.272 e. The summed E-state index contributed by atoms with van der Waals surface area (Å²) in [7, 11) is 0. The molecule has 4 nitrogen and oxygen atoms in total. The predicted molar refractivity (Wildman–Crippen MR) is 84.2 cm³/mol. The standard InChI is InChI=1S/C15H22N2O2S/c1-11-3-4-12(9-15(11)17(18)19)10-16-13-5-7-14(20-2)8-6-13/h3-4,9,13-14,16H,5-8,10H2,1-2H3. The Balaban J connectivity index is 1.88. The third-order valence-electron chi connectivity index (χ3n) is 4.07. The van der Waals surface area contributed by atoms with Crippen LogP contribution in [0.25, 0.3) is 0 Å². The number of nitro benzene ring substituents is 1. The van der Waals surface area contributed by atoms with E-state index in [9.17, 15) is 10.1 Å². The molecule has 1 saturated carbocycles. The lowest BCUT2D eigenvalue weighted by atomic mass is 9.95. The van der Waals surface area contributed by atoms with Gasteiger partial charge in [-0.1, -0.05) is 12.1 Å². The van der Waals surface area contributed by atoms with E-state index >= 15 is 0 Å². The zero-order valence-corrected chi connectivity index (χ0v) is 12.9. The van der Waals surface area contributed by atoms with Crippen molar-refractivity contribution in [3.8, 4) is 0 Å². The van der Waals surface area contributed by atoms with Gasteiger partial charge in [0.05, 0.1) is 4.92 Å². The second-order valence-electron chi connectivity index (χ2n) is 5.47. The molecule has 1 aromatic rings. The Bertz CT molecular complexity index is 471. The Morgan fingerprint density at radius 1 is 1.35 bits per heavy atom. The monoisotopic (exact) mass is 294 g/mol. The minimum Gasteiger partial charge on any atom is -0.310 e. The molecule has 1 aromatic carbocycles. The lowest BCUT2D eigenvalue weighted by Gasteiger charge is -2.28. The molecule has 1 aliphatic rings. The smallest absolute Gasteiger partial charge is 0.272 e. The molecule has 1 N–H and O–H groups in total.